The third-order valence-corrected chi connectivity index (χ3v) is 6.55. The van der Waals surface area contributed by atoms with Crippen molar-refractivity contribution in [2.75, 3.05) is 0 Å². The molecule has 1 heteroatoms. The van der Waals surface area contributed by atoms with Crippen LogP contribution in [0, 0.1) is 22.7 Å². The monoisotopic (exact) mass is 286 g/mol. The Morgan fingerprint density at radius 1 is 1.14 bits per heavy atom. The predicted octanol–water partition coefficient (Wildman–Crippen LogP) is 5.46. The molecule has 3 aliphatic carbocycles. The fourth-order valence-corrected chi connectivity index (χ4v) is 5.64. The van der Waals surface area contributed by atoms with E-state index in [1.807, 2.05) is 0 Å². The average Bonchev–Trinajstić information content (AvgIpc) is 2.82. The van der Waals surface area contributed by atoms with E-state index in [0.29, 0.717) is 11.8 Å². The van der Waals surface area contributed by atoms with Gasteiger partial charge in [-0.1, -0.05) is 45.8 Å². The number of allylic oxidation sites excluding steroid dienone is 4. The normalized spacial score (nSPS) is 41.4. The molecule has 0 aliphatic heterocycles. The smallest absolute Gasteiger partial charge is 0.126 e. The first kappa shape index (κ1) is 15.1. The Labute approximate surface area is 129 Å². The molecule has 0 aromatic rings. The Morgan fingerprint density at radius 2 is 1.90 bits per heavy atom. The highest BCUT2D eigenvalue weighted by Gasteiger charge is 2.53. The summed E-state index contributed by atoms with van der Waals surface area (Å²) in [6.07, 6.45) is 12.2. The van der Waals surface area contributed by atoms with Gasteiger partial charge in [0.15, 0.2) is 0 Å². The van der Waals surface area contributed by atoms with Crippen molar-refractivity contribution in [1.82, 2.24) is 0 Å². The lowest BCUT2D eigenvalue weighted by Gasteiger charge is -2.53. The standard InChI is InChI=1S/C20H30O/c1-14(2)12-15-6-8-17-16(15)7-9-18-19(3,13-21)10-5-11-20(17,18)4/h12-14,18H,5-11H2,1-4H3/b15-12+/t18-,19-,20+/m0/s1. The molecule has 0 saturated heterocycles. The van der Waals surface area contributed by atoms with Crippen molar-refractivity contribution >= 4 is 6.29 Å². The lowest BCUT2D eigenvalue weighted by molar-refractivity contribution is -0.124. The Morgan fingerprint density at radius 3 is 2.57 bits per heavy atom. The van der Waals surface area contributed by atoms with Crippen LogP contribution in [0.25, 0.3) is 0 Å². The van der Waals surface area contributed by atoms with Crippen molar-refractivity contribution in [3.63, 3.8) is 0 Å². The molecule has 0 N–H and O–H groups in total. The van der Waals surface area contributed by atoms with Crippen LogP contribution in [0.15, 0.2) is 22.8 Å². The topological polar surface area (TPSA) is 17.1 Å². The minimum Gasteiger partial charge on any atom is -0.303 e. The van der Waals surface area contributed by atoms with Crippen LogP contribution < -0.4 is 0 Å². The van der Waals surface area contributed by atoms with Crippen LogP contribution in [-0.4, -0.2) is 6.29 Å². The van der Waals surface area contributed by atoms with Gasteiger partial charge in [-0.15, -0.1) is 0 Å². The zero-order valence-electron chi connectivity index (χ0n) is 14.2. The number of hydrogen-bond donors (Lipinski definition) is 0. The highest BCUT2D eigenvalue weighted by atomic mass is 16.1. The van der Waals surface area contributed by atoms with Crippen molar-refractivity contribution in [3.8, 4) is 0 Å². The summed E-state index contributed by atoms with van der Waals surface area (Å²) in [7, 11) is 0. The summed E-state index contributed by atoms with van der Waals surface area (Å²) in [4.78, 5) is 11.8. The number of rotatable bonds is 2. The maximum Gasteiger partial charge on any atom is 0.126 e. The molecule has 21 heavy (non-hydrogen) atoms. The molecule has 0 aromatic carbocycles. The number of fused-ring (bicyclic) bond motifs is 2. The second kappa shape index (κ2) is 5.11. The Hall–Kier alpha value is -0.850. The molecule has 116 valence electrons. The summed E-state index contributed by atoms with van der Waals surface area (Å²) in [6.45, 7) is 9.24. The van der Waals surface area contributed by atoms with E-state index in [2.05, 4.69) is 33.8 Å². The van der Waals surface area contributed by atoms with Crippen LogP contribution in [0.2, 0.25) is 0 Å². The van der Waals surface area contributed by atoms with Crippen LogP contribution in [0.5, 0.6) is 0 Å². The van der Waals surface area contributed by atoms with Crippen molar-refractivity contribution in [1.29, 1.82) is 0 Å². The van der Waals surface area contributed by atoms with Crippen molar-refractivity contribution < 1.29 is 4.79 Å². The van der Waals surface area contributed by atoms with E-state index in [0.717, 1.165) is 6.42 Å². The molecule has 3 aliphatic rings. The van der Waals surface area contributed by atoms with Crippen molar-refractivity contribution in [3.05, 3.63) is 22.8 Å². The van der Waals surface area contributed by atoms with E-state index >= 15 is 0 Å². The second-order valence-electron chi connectivity index (χ2n) is 8.38. The second-order valence-corrected chi connectivity index (χ2v) is 8.38. The fraction of sp³-hybridized carbons (Fsp3) is 0.750. The van der Waals surface area contributed by atoms with Gasteiger partial charge in [0, 0.05) is 5.41 Å². The zero-order valence-corrected chi connectivity index (χ0v) is 14.2. The molecular formula is C20H30O. The molecule has 0 spiro atoms. The molecule has 3 rings (SSSR count). The van der Waals surface area contributed by atoms with Crippen molar-refractivity contribution in [2.45, 2.75) is 72.6 Å². The van der Waals surface area contributed by atoms with E-state index < -0.39 is 0 Å². The molecule has 0 amide bonds. The van der Waals surface area contributed by atoms with Gasteiger partial charge in [0.1, 0.15) is 6.29 Å². The van der Waals surface area contributed by atoms with Gasteiger partial charge in [0.05, 0.1) is 0 Å². The fourth-order valence-electron chi connectivity index (χ4n) is 5.64. The summed E-state index contributed by atoms with van der Waals surface area (Å²) >= 11 is 0. The van der Waals surface area contributed by atoms with Crippen LogP contribution in [-0.2, 0) is 4.79 Å². The maximum absolute atomic E-state index is 11.8. The molecule has 1 nitrogen and oxygen atoms in total. The van der Waals surface area contributed by atoms with E-state index in [1.165, 1.54) is 44.8 Å². The first-order valence-corrected chi connectivity index (χ1v) is 8.80. The molecule has 0 unspecified atom stereocenters. The molecule has 0 aromatic heterocycles. The number of carbonyl (C=O) groups is 1. The van der Waals surface area contributed by atoms with Gasteiger partial charge in [-0.25, -0.2) is 0 Å². The molecule has 0 heterocycles. The molecule has 1 fully saturated rings. The summed E-state index contributed by atoms with van der Waals surface area (Å²) in [5, 5.41) is 0. The maximum atomic E-state index is 11.8. The van der Waals surface area contributed by atoms with Crippen LogP contribution in [0.4, 0.5) is 0 Å². The Balaban J connectivity index is 2.02. The first-order chi connectivity index (χ1) is 9.90. The molecule has 3 atom stereocenters. The van der Waals surface area contributed by atoms with Gasteiger partial charge in [0.25, 0.3) is 0 Å². The average molecular weight is 286 g/mol. The van der Waals surface area contributed by atoms with E-state index in [9.17, 15) is 4.79 Å². The summed E-state index contributed by atoms with van der Waals surface area (Å²) in [5.74, 6) is 1.21. The molecule has 0 radical (unpaired) electrons. The summed E-state index contributed by atoms with van der Waals surface area (Å²) in [6, 6.07) is 0. The Bertz CT molecular complexity index is 510. The summed E-state index contributed by atoms with van der Waals surface area (Å²) in [5.41, 5.74) is 5.22. The van der Waals surface area contributed by atoms with Gasteiger partial charge in [-0.3, -0.25) is 0 Å². The number of hydrogen-bond acceptors (Lipinski definition) is 1. The van der Waals surface area contributed by atoms with Gasteiger partial charge >= 0.3 is 0 Å². The Kier molecular flexibility index (Phi) is 3.66. The lowest BCUT2D eigenvalue weighted by Crippen LogP contribution is -2.47. The van der Waals surface area contributed by atoms with Crippen molar-refractivity contribution in [2.24, 2.45) is 22.7 Å². The van der Waals surface area contributed by atoms with E-state index in [4.69, 9.17) is 0 Å². The highest BCUT2D eigenvalue weighted by Crippen LogP contribution is 2.62. The number of carbonyl (C=O) groups excluding carboxylic acids is 1. The van der Waals surface area contributed by atoms with Gasteiger partial charge in [-0.2, -0.15) is 0 Å². The summed E-state index contributed by atoms with van der Waals surface area (Å²) < 4.78 is 0. The number of aldehydes is 1. The van der Waals surface area contributed by atoms with E-state index in [-0.39, 0.29) is 10.8 Å². The SMILES string of the molecule is CC(C)/C=C1\CCC2=C1CC[C@H]1[C@](C)(C=O)CCC[C@]21C. The highest BCUT2D eigenvalue weighted by molar-refractivity contribution is 5.61. The van der Waals surface area contributed by atoms with Crippen LogP contribution >= 0.6 is 0 Å². The predicted molar refractivity (Wildman–Crippen MR) is 88.0 cm³/mol. The van der Waals surface area contributed by atoms with Crippen LogP contribution in [0.1, 0.15) is 72.6 Å². The molecule has 1 saturated carbocycles. The quantitative estimate of drug-likeness (QED) is 0.616. The van der Waals surface area contributed by atoms with Gasteiger partial charge < -0.3 is 4.79 Å². The molecular weight excluding hydrogens is 256 g/mol. The van der Waals surface area contributed by atoms with E-state index in [1.54, 1.807) is 16.7 Å². The van der Waals surface area contributed by atoms with Gasteiger partial charge in [-0.05, 0) is 66.9 Å². The third-order valence-electron chi connectivity index (χ3n) is 6.55. The minimum atomic E-state index is -0.0873. The molecule has 0 bridgehead atoms. The minimum absolute atomic E-state index is 0.0873. The zero-order chi connectivity index (χ0) is 15.3. The largest absolute Gasteiger partial charge is 0.303 e. The third kappa shape index (κ3) is 2.24. The lowest BCUT2D eigenvalue weighted by atomic mass is 9.50. The van der Waals surface area contributed by atoms with Gasteiger partial charge in [0.2, 0.25) is 0 Å². The van der Waals surface area contributed by atoms with Crippen LogP contribution in [0.3, 0.4) is 0 Å². The first-order valence-electron chi connectivity index (χ1n) is 8.80.